The number of hydrogen-bond donors (Lipinski definition) is 5. The van der Waals surface area contributed by atoms with E-state index in [0.29, 0.717) is 116 Å². The molecule has 656 valence electrons. The first-order chi connectivity index (χ1) is 57.1. The van der Waals surface area contributed by atoms with Gasteiger partial charge in [0, 0.05) is 91.2 Å². The Morgan fingerprint density at radius 1 is 0.455 bits per heavy atom. The fraction of sp³-hybridized carbons (Fsp3) is 0.517. The van der Waals surface area contributed by atoms with Crippen molar-refractivity contribution in [2.45, 2.75) is 164 Å². The third kappa shape index (κ3) is 23.5. The fourth-order valence-corrected chi connectivity index (χ4v) is 15.5. The number of carbonyl (C=O) groups excluding carboxylic acids is 4. The summed E-state index contributed by atoms with van der Waals surface area (Å²) in [5, 5.41) is 74.5. The molecule has 123 heavy (non-hydrogen) atoms. The summed E-state index contributed by atoms with van der Waals surface area (Å²) in [6, 6.07) is 22.7. The number of piperidine rings is 3. The maximum absolute atomic E-state index is 13.1. The number of hydrogen-bond acceptors (Lipinski definition) is 27. The van der Waals surface area contributed by atoms with E-state index >= 15 is 0 Å². The van der Waals surface area contributed by atoms with Gasteiger partial charge in [-0.05, 0) is 252 Å². The average molecular weight is 1710 g/mol. The number of imide groups is 2. The van der Waals surface area contributed by atoms with Gasteiger partial charge < -0.3 is 69.3 Å². The van der Waals surface area contributed by atoms with Gasteiger partial charge >= 0.3 is 24.4 Å². The zero-order valence-electron chi connectivity index (χ0n) is 72.9. The lowest BCUT2D eigenvalue weighted by Gasteiger charge is -2.29. The summed E-state index contributed by atoms with van der Waals surface area (Å²) in [4.78, 5) is 70.5. The highest BCUT2D eigenvalue weighted by molar-refractivity contribution is 5.90. The Kier molecular flexibility index (Phi) is 27.1. The maximum atomic E-state index is 13.1. The highest BCUT2D eigenvalue weighted by Crippen LogP contribution is 2.54. The predicted molar refractivity (Wildman–Crippen MR) is 458 cm³/mol. The highest BCUT2D eigenvalue weighted by Gasteiger charge is 2.58. The van der Waals surface area contributed by atoms with E-state index in [9.17, 15) is 54.7 Å². The van der Waals surface area contributed by atoms with Crippen LogP contribution in [0.4, 0.5) is 35.2 Å². The van der Waals surface area contributed by atoms with Gasteiger partial charge in [-0.2, -0.15) is 35.5 Å². The van der Waals surface area contributed by atoms with E-state index in [2.05, 4.69) is 53.6 Å². The van der Waals surface area contributed by atoms with Crippen LogP contribution in [0.15, 0.2) is 110 Å². The lowest BCUT2D eigenvalue weighted by Crippen LogP contribution is -2.45. The second-order valence-electron chi connectivity index (χ2n) is 38.0. The van der Waals surface area contributed by atoms with Gasteiger partial charge in [0.1, 0.15) is 89.3 Å². The van der Waals surface area contributed by atoms with E-state index in [1.165, 1.54) is 29.2 Å². The van der Waals surface area contributed by atoms with Gasteiger partial charge in [-0.15, -0.1) is 12.4 Å². The third-order valence-electron chi connectivity index (χ3n) is 21.2. The van der Waals surface area contributed by atoms with E-state index in [4.69, 9.17) is 48.9 Å². The first kappa shape index (κ1) is 92.2. The Morgan fingerprint density at radius 3 is 1.01 bits per heavy atom. The molecule has 12 heterocycles. The summed E-state index contributed by atoms with van der Waals surface area (Å²) in [5.41, 5.74) is 7.85. The Bertz CT molecular complexity index is 5350. The molecule has 3 saturated heterocycles. The van der Waals surface area contributed by atoms with Crippen molar-refractivity contribution in [3.63, 3.8) is 0 Å². The Morgan fingerprint density at radius 2 is 0.748 bits per heavy atom. The maximum Gasteiger partial charge on any atom is 0.419 e. The molecule has 34 heteroatoms. The predicted octanol–water partition coefficient (Wildman–Crippen LogP) is 12.9. The summed E-state index contributed by atoms with van der Waals surface area (Å²) in [5.74, 6) is 7.11. The molecule has 0 spiro atoms. The van der Waals surface area contributed by atoms with Crippen molar-refractivity contribution < 1.29 is 72.0 Å². The van der Waals surface area contributed by atoms with Gasteiger partial charge in [-0.25, -0.2) is 57.5 Å². The van der Waals surface area contributed by atoms with Crippen LogP contribution in [0, 0.1) is 93.2 Å². The smallest absolute Gasteiger partial charge is 0.419 e. The molecule has 15 rings (SSSR count). The number of nitrogens with zero attached hydrogens (tertiary/aromatic N) is 16. The molecule has 0 bridgehead atoms. The number of carbonyl (C=O) groups is 4. The Labute approximate surface area is 721 Å². The number of pyridine rings is 6. The lowest BCUT2D eigenvalue weighted by molar-refractivity contribution is -0.00206. The van der Waals surface area contributed by atoms with Crippen molar-refractivity contribution in [3.8, 4) is 68.8 Å². The lowest BCUT2D eigenvalue weighted by atomic mass is 10.1. The van der Waals surface area contributed by atoms with Gasteiger partial charge in [0.25, 0.3) is 0 Å². The number of amides is 4. The van der Waals surface area contributed by atoms with Crippen molar-refractivity contribution in [1.29, 1.82) is 15.8 Å². The van der Waals surface area contributed by atoms with Crippen LogP contribution in [-0.4, -0.2) is 211 Å². The normalized spacial score (nSPS) is 19.9. The number of halogens is 2. The summed E-state index contributed by atoms with van der Waals surface area (Å²) in [6.45, 7) is 38.5. The third-order valence-corrected chi connectivity index (χ3v) is 21.2. The fourth-order valence-electron chi connectivity index (χ4n) is 15.5. The number of nitriles is 3. The number of nitrogens with two attached hydrogens (primary N) is 1. The molecule has 9 atom stereocenters. The van der Waals surface area contributed by atoms with Gasteiger partial charge in [0.05, 0.1) is 87.2 Å². The second-order valence-corrected chi connectivity index (χ2v) is 38.0. The number of ether oxygens (including phenoxy) is 7. The van der Waals surface area contributed by atoms with Crippen LogP contribution in [0.2, 0.25) is 0 Å². The van der Waals surface area contributed by atoms with Crippen LogP contribution >= 0.6 is 12.4 Å². The standard InChI is InChI=1S/C33H42N6O6.C23H26N6O2.C17H15FN4O2.C16H28N2O4.ClH/c1-31(2,3)44-29(40)38(30(41)45-32(4,5)6)18-26-24-16-37(17-25(24)26)27-10-9-20(13-35-27)23-11-22(43-19-33(7,8)42)15-39-28(23)21(12-34)14-36-39;1-23(2,30)13-31-16-5-17(22-15(6-24)9-27-29(22)10-16)14-3-4-21(26-8-14)28-11-19-18(7-25)20(19)12-28;1-17(2,23)10-24-13-5-14(11-3-4-15(18)20-7-11)16-12(6-19)8-21-22(16)9-13;1-15(2,3)21-13(19)18(14(20)22-16(4,5)6)9-12-10-7-17-8-11(10)12;/h9-11,13-15,24-26,42H,16-19H2,1-8H3;3-5,8-10,18-20,30H,7,11-13,25H2,1-2H3;3-5,7-9,23H,10H2,1-2H3;10-12,17H,7-9H2,1-6H3;1H/t24-,25+,26?;18?,19-,20+;;10-,11+,12?;. The van der Waals surface area contributed by atoms with E-state index in [1.807, 2.05) is 42.6 Å². The van der Waals surface area contributed by atoms with E-state index < -0.39 is 69.5 Å². The molecule has 3 saturated carbocycles. The van der Waals surface area contributed by atoms with Crippen LogP contribution in [-0.2, 0) is 18.9 Å². The average Bonchev–Trinajstić information content (AvgIpc) is 1.58. The monoisotopic (exact) mass is 1710 g/mol. The molecule has 6 fully saturated rings. The molecule has 32 nitrogen and oxygen atoms in total. The largest absolute Gasteiger partial charge is 0.489 e. The number of rotatable bonds is 19. The zero-order valence-corrected chi connectivity index (χ0v) is 73.7. The minimum Gasteiger partial charge on any atom is -0.489 e. The van der Waals surface area contributed by atoms with Crippen molar-refractivity contribution in [3.05, 3.63) is 133 Å². The molecule has 3 aliphatic carbocycles. The summed E-state index contributed by atoms with van der Waals surface area (Å²) >= 11 is 0. The first-order valence-corrected chi connectivity index (χ1v) is 40.9. The molecular weight excluding hydrogens is 1600 g/mol. The number of aliphatic hydroxyl groups is 3. The molecule has 9 aromatic rings. The Balaban J connectivity index is 0.000000166. The minimum absolute atomic E-state index is 0. The number of aromatic nitrogens is 9. The van der Waals surface area contributed by atoms with Gasteiger partial charge in [-0.1, -0.05) is 0 Å². The van der Waals surface area contributed by atoms with Crippen LogP contribution < -0.4 is 35.1 Å². The summed E-state index contributed by atoms with van der Waals surface area (Å²) in [7, 11) is 0. The summed E-state index contributed by atoms with van der Waals surface area (Å²) in [6.07, 6.45) is 11.9. The van der Waals surface area contributed by atoms with E-state index in [0.717, 1.165) is 89.5 Å². The molecular formula is C89H112ClFN18O14. The highest BCUT2D eigenvalue weighted by atomic mass is 35.5. The second kappa shape index (κ2) is 36.1. The van der Waals surface area contributed by atoms with Crippen molar-refractivity contribution in [2.24, 2.45) is 59.0 Å². The molecule has 9 aromatic heterocycles. The van der Waals surface area contributed by atoms with Crippen LogP contribution in [0.25, 0.3) is 49.9 Å². The van der Waals surface area contributed by atoms with E-state index in [1.54, 1.807) is 177 Å². The quantitative estimate of drug-likeness (QED) is 0.0371. The topological polar surface area (TPSA) is 407 Å². The van der Waals surface area contributed by atoms with Crippen LogP contribution in [0.1, 0.15) is 141 Å². The molecule has 3 aliphatic heterocycles. The van der Waals surface area contributed by atoms with Gasteiger partial charge in [0.15, 0.2) is 0 Å². The molecule has 6 N–H and O–H groups in total. The number of anilines is 2. The van der Waals surface area contributed by atoms with E-state index in [-0.39, 0.29) is 44.7 Å². The molecule has 3 unspecified atom stereocenters. The Hall–Kier alpha value is -11.5. The number of nitrogens with one attached hydrogen (secondary N) is 1. The molecule has 6 aliphatic rings. The minimum atomic E-state index is -1.01. The van der Waals surface area contributed by atoms with Gasteiger partial charge in [0.2, 0.25) is 5.95 Å². The van der Waals surface area contributed by atoms with Gasteiger partial charge in [-0.3, -0.25) is 0 Å². The van der Waals surface area contributed by atoms with Crippen molar-refractivity contribution >= 4 is 65.0 Å². The molecule has 4 amide bonds. The van der Waals surface area contributed by atoms with Crippen LogP contribution in [0.5, 0.6) is 17.2 Å². The molecule has 0 radical (unpaired) electrons. The summed E-state index contributed by atoms with van der Waals surface area (Å²) < 4.78 is 56.9. The first-order valence-electron chi connectivity index (χ1n) is 40.9. The van der Waals surface area contributed by atoms with Crippen molar-refractivity contribution in [1.82, 2.24) is 58.9 Å². The molecule has 0 aromatic carbocycles. The number of fused-ring (bicyclic) bond motifs is 6. The zero-order chi connectivity index (χ0) is 88.7. The van der Waals surface area contributed by atoms with Crippen LogP contribution in [0.3, 0.4) is 0 Å². The van der Waals surface area contributed by atoms with Crippen molar-refractivity contribution in [2.75, 3.05) is 88.5 Å². The SMILES string of the molecule is CC(C)(C)OC(=O)N(CC1[C@H]2CNC[C@@H]12)C(=O)OC(C)(C)C.CC(C)(O)COc1cc(-c2ccc(F)nc2)c2c(C#N)cnn2c1.CC(C)(O)COc1cc(-c2ccc(N3C[C@@H]4C(CN(C(=O)OC(C)(C)C)C(=O)OC(C)(C)C)[C@@H]4C3)nc2)c2c(C#N)cnn2c1.CC(C)(O)COc1cc(-c2ccc(N3C[C@@H]4C(CN)[C@@H]4C3)nc2)c2c(C#N)cnn2c1.Cl.